The number of nitrogens with zero attached hydrogens (tertiary/aromatic N) is 3. The van der Waals surface area contributed by atoms with Gasteiger partial charge in [0.1, 0.15) is 0 Å². The van der Waals surface area contributed by atoms with Gasteiger partial charge >= 0.3 is 5.97 Å². The largest absolute Gasteiger partial charge is 0.462 e. The van der Waals surface area contributed by atoms with Crippen LogP contribution in [0.4, 0.5) is 0 Å². The van der Waals surface area contributed by atoms with E-state index in [1.807, 2.05) is 0 Å². The van der Waals surface area contributed by atoms with Gasteiger partial charge in [-0.25, -0.2) is 4.79 Å². The Morgan fingerprint density at radius 3 is 2.22 bits per heavy atom. The van der Waals surface area contributed by atoms with E-state index in [4.69, 9.17) is 4.74 Å². The lowest BCUT2D eigenvalue weighted by Gasteiger charge is -2.41. The molecule has 1 saturated heterocycles. The van der Waals surface area contributed by atoms with Crippen molar-refractivity contribution in [3.8, 4) is 0 Å². The van der Waals surface area contributed by atoms with Gasteiger partial charge < -0.3 is 4.74 Å². The molecule has 0 spiro atoms. The molecular weight excluding hydrogens is 230 g/mol. The van der Waals surface area contributed by atoms with E-state index in [-0.39, 0.29) is 5.97 Å². The van der Waals surface area contributed by atoms with Crippen LogP contribution in [0.15, 0.2) is 12.7 Å². The summed E-state index contributed by atoms with van der Waals surface area (Å²) in [6.45, 7) is 14.4. The highest BCUT2D eigenvalue weighted by Gasteiger charge is 2.20. The third-order valence-corrected chi connectivity index (χ3v) is 3.12. The summed E-state index contributed by atoms with van der Waals surface area (Å²) in [7, 11) is 0. The lowest BCUT2D eigenvalue weighted by molar-refractivity contribution is -0.138. The van der Waals surface area contributed by atoms with Gasteiger partial charge in [-0.2, -0.15) is 0 Å². The minimum absolute atomic E-state index is 0.334. The third kappa shape index (κ3) is 5.16. The van der Waals surface area contributed by atoms with Crippen molar-refractivity contribution >= 4 is 5.97 Å². The molecule has 0 aromatic rings. The Labute approximate surface area is 110 Å². The molecule has 0 aromatic heterocycles. The van der Waals surface area contributed by atoms with Crippen molar-refractivity contribution in [2.24, 2.45) is 0 Å². The molecule has 1 heterocycles. The molecule has 0 saturated carbocycles. The lowest BCUT2D eigenvalue weighted by Crippen LogP contribution is -2.54. The maximum atomic E-state index is 10.9. The first-order chi connectivity index (χ1) is 8.69. The molecule has 1 rings (SSSR count). The normalized spacial score (nSPS) is 18.8. The zero-order valence-electron chi connectivity index (χ0n) is 11.6. The van der Waals surface area contributed by atoms with Crippen LogP contribution in [0, 0.1) is 0 Å². The first-order valence-corrected chi connectivity index (χ1v) is 6.65. The second kappa shape index (κ2) is 8.24. The van der Waals surface area contributed by atoms with Crippen LogP contribution in [0.5, 0.6) is 0 Å². The molecule has 0 unspecified atom stereocenters. The Hall–Kier alpha value is -0.910. The Balaban J connectivity index is 2.23. The topological polar surface area (TPSA) is 36.0 Å². The molecule has 1 aliphatic rings. The summed E-state index contributed by atoms with van der Waals surface area (Å²) in [6.07, 6.45) is 2.08. The summed E-state index contributed by atoms with van der Waals surface area (Å²) in [6, 6.07) is 0. The Bertz CT molecular complexity index is 259. The molecule has 0 atom stereocenters. The Morgan fingerprint density at radius 1 is 1.17 bits per heavy atom. The van der Waals surface area contributed by atoms with Crippen LogP contribution in [0.25, 0.3) is 0 Å². The number of carbonyl (C=O) groups is 1. The van der Waals surface area contributed by atoms with Crippen molar-refractivity contribution in [2.45, 2.75) is 20.3 Å². The van der Waals surface area contributed by atoms with Gasteiger partial charge in [0.2, 0.25) is 0 Å². The van der Waals surface area contributed by atoms with Crippen LogP contribution < -0.4 is 0 Å². The molecule has 0 radical (unpaired) electrons. The van der Waals surface area contributed by atoms with Crippen molar-refractivity contribution in [3.63, 3.8) is 0 Å². The van der Waals surface area contributed by atoms with Gasteiger partial charge in [0, 0.05) is 12.6 Å². The van der Waals surface area contributed by atoms with Crippen molar-refractivity contribution in [3.05, 3.63) is 12.7 Å². The van der Waals surface area contributed by atoms with Gasteiger partial charge in [0.15, 0.2) is 0 Å². The monoisotopic (exact) mass is 255 g/mol. The third-order valence-electron chi connectivity index (χ3n) is 3.12. The Morgan fingerprint density at radius 2 is 1.72 bits per heavy atom. The molecule has 0 bridgehead atoms. The fourth-order valence-corrected chi connectivity index (χ4v) is 2.04. The standard InChI is InChI=1S/C13H25N3O2/c1-4-13(17)18-9-7-8-16-11-14(5-2)10-15(6-3)12-16/h4H,1,5-12H2,2-3H3. The van der Waals surface area contributed by atoms with Crippen molar-refractivity contribution in [1.82, 2.24) is 14.7 Å². The molecule has 5 nitrogen and oxygen atoms in total. The van der Waals surface area contributed by atoms with E-state index < -0.39 is 0 Å². The first-order valence-electron chi connectivity index (χ1n) is 6.65. The molecule has 0 N–H and O–H groups in total. The predicted molar refractivity (Wildman–Crippen MR) is 71.8 cm³/mol. The van der Waals surface area contributed by atoms with E-state index in [2.05, 4.69) is 35.1 Å². The first kappa shape index (κ1) is 15.1. The van der Waals surface area contributed by atoms with Crippen molar-refractivity contribution < 1.29 is 9.53 Å². The summed E-state index contributed by atoms with van der Waals surface area (Å²) < 4.78 is 4.98. The molecule has 1 aliphatic heterocycles. The van der Waals surface area contributed by atoms with E-state index in [1.54, 1.807) is 0 Å². The highest BCUT2D eigenvalue weighted by atomic mass is 16.5. The summed E-state index contributed by atoms with van der Waals surface area (Å²) in [5.41, 5.74) is 0. The van der Waals surface area contributed by atoms with Gasteiger partial charge in [-0.1, -0.05) is 20.4 Å². The van der Waals surface area contributed by atoms with E-state index in [1.165, 1.54) is 6.08 Å². The van der Waals surface area contributed by atoms with Crippen LogP contribution >= 0.6 is 0 Å². The van der Waals surface area contributed by atoms with Crippen LogP contribution in [-0.2, 0) is 9.53 Å². The average molecular weight is 255 g/mol. The smallest absolute Gasteiger partial charge is 0.330 e. The molecule has 104 valence electrons. The minimum Gasteiger partial charge on any atom is -0.462 e. The van der Waals surface area contributed by atoms with E-state index in [0.717, 1.165) is 46.1 Å². The second-order valence-electron chi connectivity index (χ2n) is 4.52. The number of carbonyl (C=O) groups excluding carboxylic acids is 1. The molecule has 0 amide bonds. The van der Waals surface area contributed by atoms with E-state index >= 15 is 0 Å². The predicted octanol–water partition coefficient (Wildman–Crippen LogP) is 0.938. The number of hydrogen-bond donors (Lipinski definition) is 0. The molecule has 5 heteroatoms. The SMILES string of the molecule is C=CC(=O)OCCCN1CN(CC)CN(CC)C1. The Kier molecular flexibility index (Phi) is 6.93. The summed E-state index contributed by atoms with van der Waals surface area (Å²) in [5, 5.41) is 0. The number of hydrogen-bond acceptors (Lipinski definition) is 5. The molecule has 1 fully saturated rings. The number of rotatable bonds is 7. The molecular formula is C13H25N3O2. The van der Waals surface area contributed by atoms with Crippen LogP contribution in [0.3, 0.4) is 0 Å². The van der Waals surface area contributed by atoms with E-state index in [0.29, 0.717) is 6.61 Å². The molecule has 18 heavy (non-hydrogen) atoms. The van der Waals surface area contributed by atoms with E-state index in [9.17, 15) is 4.79 Å². The van der Waals surface area contributed by atoms with Crippen molar-refractivity contribution in [2.75, 3.05) is 46.2 Å². The van der Waals surface area contributed by atoms with Crippen LogP contribution in [-0.4, -0.2) is 66.9 Å². The average Bonchev–Trinajstić information content (AvgIpc) is 2.42. The zero-order chi connectivity index (χ0) is 13.4. The molecule has 0 aromatic carbocycles. The number of ether oxygens (including phenoxy) is 1. The van der Waals surface area contributed by atoms with Gasteiger partial charge in [0.05, 0.1) is 26.6 Å². The van der Waals surface area contributed by atoms with Gasteiger partial charge in [-0.15, -0.1) is 0 Å². The minimum atomic E-state index is -0.334. The number of esters is 1. The second-order valence-corrected chi connectivity index (χ2v) is 4.52. The zero-order valence-corrected chi connectivity index (χ0v) is 11.6. The summed E-state index contributed by atoms with van der Waals surface area (Å²) in [5.74, 6) is -0.334. The quantitative estimate of drug-likeness (QED) is 0.384. The highest BCUT2D eigenvalue weighted by Crippen LogP contribution is 2.07. The maximum absolute atomic E-state index is 10.9. The maximum Gasteiger partial charge on any atom is 0.330 e. The van der Waals surface area contributed by atoms with Crippen molar-refractivity contribution in [1.29, 1.82) is 0 Å². The highest BCUT2D eigenvalue weighted by molar-refractivity contribution is 5.81. The summed E-state index contributed by atoms with van der Waals surface area (Å²) >= 11 is 0. The van der Waals surface area contributed by atoms with Gasteiger partial charge in [0.25, 0.3) is 0 Å². The fourth-order valence-electron chi connectivity index (χ4n) is 2.04. The van der Waals surface area contributed by atoms with Gasteiger partial charge in [-0.05, 0) is 19.5 Å². The molecule has 0 aliphatic carbocycles. The lowest BCUT2D eigenvalue weighted by atomic mass is 10.4. The van der Waals surface area contributed by atoms with Gasteiger partial charge in [-0.3, -0.25) is 14.7 Å². The van der Waals surface area contributed by atoms with Crippen LogP contribution in [0.2, 0.25) is 0 Å². The fraction of sp³-hybridized carbons (Fsp3) is 0.769. The van der Waals surface area contributed by atoms with Crippen LogP contribution in [0.1, 0.15) is 20.3 Å². The summed E-state index contributed by atoms with van der Waals surface area (Å²) in [4.78, 5) is 18.1.